The number of rotatable bonds is 4. The lowest BCUT2D eigenvalue weighted by atomic mass is 10.1. The zero-order valence-corrected chi connectivity index (χ0v) is 14.9. The van der Waals surface area contributed by atoms with E-state index in [0.717, 1.165) is 15.3 Å². The van der Waals surface area contributed by atoms with E-state index >= 15 is 0 Å². The maximum atomic E-state index is 13.0. The molecule has 1 aliphatic rings. The lowest BCUT2D eigenvalue weighted by Gasteiger charge is -2.17. The van der Waals surface area contributed by atoms with Gasteiger partial charge in [-0.1, -0.05) is 12.1 Å². The number of nitrogens with one attached hydrogen (secondary N) is 1. The molecule has 0 saturated carbocycles. The average molecular weight is 379 g/mol. The fraction of sp³-hybridized carbons (Fsp3) is 0.0476. The summed E-state index contributed by atoms with van der Waals surface area (Å²) in [4.78, 5) is 25.7. The van der Waals surface area contributed by atoms with Crippen LogP contribution in [0.5, 0.6) is 5.75 Å². The van der Waals surface area contributed by atoms with Crippen LogP contribution in [0.1, 0.15) is 15.2 Å². The molecule has 4 nitrogen and oxygen atoms in total. The molecule has 1 aliphatic heterocycles. The Kier molecular flexibility index (Phi) is 4.56. The minimum absolute atomic E-state index is 0.0189. The second kappa shape index (κ2) is 7.17. The summed E-state index contributed by atoms with van der Waals surface area (Å²) in [5.74, 6) is -0.131. The molecule has 0 aliphatic carbocycles. The van der Waals surface area contributed by atoms with Crippen molar-refractivity contribution in [2.45, 2.75) is 0 Å². The molecule has 0 saturated heterocycles. The maximum Gasteiger partial charge on any atom is 0.262 e. The number of carbonyl (C=O) groups is 2. The van der Waals surface area contributed by atoms with Crippen LogP contribution in [0.25, 0.3) is 16.5 Å². The largest absolute Gasteiger partial charge is 0.482 e. The summed E-state index contributed by atoms with van der Waals surface area (Å²) in [6.45, 7) is -0.0189. The molecule has 0 fully saturated rings. The summed E-state index contributed by atoms with van der Waals surface area (Å²) < 4.78 is 18.3. The van der Waals surface area contributed by atoms with Crippen molar-refractivity contribution in [2.24, 2.45) is 0 Å². The number of halogens is 1. The lowest BCUT2D eigenvalue weighted by Crippen LogP contribution is -2.25. The zero-order valence-electron chi connectivity index (χ0n) is 14.1. The van der Waals surface area contributed by atoms with E-state index in [9.17, 15) is 14.0 Å². The average Bonchev–Trinajstić information content (AvgIpc) is 3.15. The van der Waals surface area contributed by atoms with Crippen LogP contribution in [0.3, 0.4) is 0 Å². The number of hydrogen-bond donors (Lipinski definition) is 1. The molecule has 0 spiro atoms. The Hall–Kier alpha value is -3.25. The minimum Gasteiger partial charge on any atom is -0.482 e. The van der Waals surface area contributed by atoms with E-state index < -0.39 is 0 Å². The predicted molar refractivity (Wildman–Crippen MR) is 104 cm³/mol. The number of ketones is 1. The number of benzene rings is 2. The van der Waals surface area contributed by atoms with Crippen LogP contribution in [0.4, 0.5) is 10.1 Å². The summed E-state index contributed by atoms with van der Waals surface area (Å²) >= 11 is 1.51. The molecule has 3 aromatic rings. The van der Waals surface area contributed by atoms with Gasteiger partial charge in [0.25, 0.3) is 5.91 Å². The van der Waals surface area contributed by atoms with Gasteiger partial charge in [0.2, 0.25) is 0 Å². The fourth-order valence-corrected chi connectivity index (χ4v) is 3.62. The summed E-state index contributed by atoms with van der Waals surface area (Å²) in [5, 5.41) is 2.69. The Bertz CT molecular complexity index is 1050. The summed E-state index contributed by atoms with van der Waals surface area (Å²) in [7, 11) is 0. The van der Waals surface area contributed by atoms with Crippen molar-refractivity contribution in [3.8, 4) is 16.2 Å². The number of hydrogen-bond acceptors (Lipinski definition) is 4. The van der Waals surface area contributed by atoms with Gasteiger partial charge in [0, 0.05) is 15.3 Å². The SMILES string of the molecule is O=C1COc2ccc(C(=O)/C=C/c3ccc(-c4ccc(F)cc4)s3)cc2N1. The van der Waals surface area contributed by atoms with Crippen molar-refractivity contribution in [3.63, 3.8) is 0 Å². The van der Waals surface area contributed by atoms with Gasteiger partial charge in [-0.3, -0.25) is 9.59 Å². The van der Waals surface area contributed by atoms with Crippen molar-refractivity contribution < 1.29 is 18.7 Å². The van der Waals surface area contributed by atoms with E-state index in [4.69, 9.17) is 4.74 Å². The number of amides is 1. The van der Waals surface area contributed by atoms with Gasteiger partial charge in [-0.15, -0.1) is 11.3 Å². The number of fused-ring (bicyclic) bond motifs is 1. The topological polar surface area (TPSA) is 55.4 Å². The highest BCUT2D eigenvalue weighted by atomic mass is 32.1. The Morgan fingerprint density at radius 2 is 1.93 bits per heavy atom. The van der Waals surface area contributed by atoms with Crippen LogP contribution >= 0.6 is 11.3 Å². The third kappa shape index (κ3) is 3.80. The molecular formula is C21H14FNO3S. The Labute approximate surface area is 158 Å². The van der Waals surface area contributed by atoms with E-state index in [-0.39, 0.29) is 24.1 Å². The van der Waals surface area contributed by atoms with Crippen LogP contribution in [0, 0.1) is 5.82 Å². The molecule has 134 valence electrons. The first-order valence-corrected chi connectivity index (χ1v) is 9.05. The third-order valence-electron chi connectivity index (χ3n) is 4.05. The quantitative estimate of drug-likeness (QED) is 0.524. The molecule has 1 N–H and O–H groups in total. The van der Waals surface area contributed by atoms with Crippen molar-refractivity contribution >= 4 is 34.8 Å². The number of anilines is 1. The Morgan fingerprint density at radius 1 is 1.11 bits per heavy atom. The second-order valence-electron chi connectivity index (χ2n) is 5.95. The summed E-state index contributed by atoms with van der Waals surface area (Å²) in [6, 6.07) is 15.1. The molecular weight excluding hydrogens is 365 g/mol. The highest BCUT2D eigenvalue weighted by Crippen LogP contribution is 2.30. The molecule has 0 radical (unpaired) electrons. The molecule has 1 aromatic heterocycles. The van der Waals surface area contributed by atoms with Gasteiger partial charge in [0.1, 0.15) is 11.6 Å². The molecule has 6 heteroatoms. The van der Waals surface area contributed by atoms with Crippen LogP contribution < -0.4 is 10.1 Å². The molecule has 1 amide bonds. The number of carbonyl (C=O) groups excluding carboxylic acids is 2. The lowest BCUT2D eigenvalue weighted by molar-refractivity contribution is -0.118. The molecule has 0 unspecified atom stereocenters. The first kappa shape index (κ1) is 17.2. The molecule has 27 heavy (non-hydrogen) atoms. The van der Waals surface area contributed by atoms with E-state index in [1.54, 1.807) is 36.4 Å². The van der Waals surface area contributed by atoms with Crippen LogP contribution in [0.2, 0.25) is 0 Å². The van der Waals surface area contributed by atoms with Gasteiger partial charge in [0.15, 0.2) is 12.4 Å². The fourth-order valence-electron chi connectivity index (χ4n) is 2.70. The Balaban J connectivity index is 1.50. The van der Waals surface area contributed by atoms with Gasteiger partial charge in [0.05, 0.1) is 5.69 Å². The van der Waals surface area contributed by atoms with Gasteiger partial charge < -0.3 is 10.1 Å². The number of thiophene rings is 1. The van der Waals surface area contributed by atoms with Gasteiger partial charge >= 0.3 is 0 Å². The molecule has 4 rings (SSSR count). The standard InChI is InChI=1S/C21H14FNO3S/c22-15-4-1-13(2-5-15)20-10-7-16(27-20)6-8-18(24)14-3-9-19-17(11-14)23-21(25)12-26-19/h1-11H,12H2,(H,23,25)/b8-6+. The highest BCUT2D eigenvalue weighted by Gasteiger charge is 2.17. The monoisotopic (exact) mass is 379 g/mol. The molecule has 0 atom stereocenters. The first-order chi connectivity index (χ1) is 13.1. The highest BCUT2D eigenvalue weighted by molar-refractivity contribution is 7.16. The van der Waals surface area contributed by atoms with Crippen molar-refractivity contribution in [1.29, 1.82) is 0 Å². The number of ether oxygens (including phenoxy) is 1. The van der Waals surface area contributed by atoms with E-state index in [1.165, 1.54) is 29.5 Å². The van der Waals surface area contributed by atoms with Crippen molar-refractivity contribution in [1.82, 2.24) is 0 Å². The van der Waals surface area contributed by atoms with Crippen LogP contribution in [-0.2, 0) is 4.79 Å². The third-order valence-corrected chi connectivity index (χ3v) is 5.15. The minimum atomic E-state index is -0.271. The van der Waals surface area contributed by atoms with Crippen molar-refractivity contribution in [3.05, 3.63) is 76.9 Å². The van der Waals surface area contributed by atoms with Crippen molar-refractivity contribution in [2.75, 3.05) is 11.9 Å². The normalized spacial score (nSPS) is 13.1. The Morgan fingerprint density at radius 3 is 2.74 bits per heavy atom. The van der Waals surface area contributed by atoms with Gasteiger partial charge in [-0.2, -0.15) is 0 Å². The van der Waals surface area contributed by atoms with E-state index in [2.05, 4.69) is 5.32 Å². The smallest absolute Gasteiger partial charge is 0.262 e. The number of allylic oxidation sites excluding steroid dienone is 1. The molecule has 0 bridgehead atoms. The van der Waals surface area contributed by atoms with E-state index in [0.29, 0.717) is 17.0 Å². The summed E-state index contributed by atoms with van der Waals surface area (Å²) in [5.41, 5.74) is 1.89. The van der Waals surface area contributed by atoms with E-state index in [1.807, 2.05) is 12.1 Å². The maximum absolute atomic E-state index is 13.0. The molecule has 2 aromatic carbocycles. The predicted octanol–water partition coefficient (Wildman–Crippen LogP) is 4.78. The van der Waals surface area contributed by atoms with Crippen LogP contribution in [0.15, 0.2) is 60.7 Å². The second-order valence-corrected chi connectivity index (χ2v) is 7.07. The van der Waals surface area contributed by atoms with Gasteiger partial charge in [-0.25, -0.2) is 4.39 Å². The molecule has 2 heterocycles. The van der Waals surface area contributed by atoms with Crippen LogP contribution in [-0.4, -0.2) is 18.3 Å². The first-order valence-electron chi connectivity index (χ1n) is 8.23. The zero-order chi connectivity index (χ0) is 18.8. The summed E-state index contributed by atoms with van der Waals surface area (Å²) in [6.07, 6.45) is 3.24. The van der Waals surface area contributed by atoms with Gasteiger partial charge in [-0.05, 0) is 60.2 Å².